The van der Waals surface area contributed by atoms with E-state index < -0.39 is 6.04 Å². The predicted octanol–water partition coefficient (Wildman–Crippen LogP) is 4.60. The van der Waals surface area contributed by atoms with Gasteiger partial charge < -0.3 is 9.64 Å². The summed E-state index contributed by atoms with van der Waals surface area (Å²) in [6.07, 6.45) is 8.61. The van der Waals surface area contributed by atoms with Gasteiger partial charge >= 0.3 is 0 Å². The van der Waals surface area contributed by atoms with Crippen LogP contribution < -0.4 is 15.2 Å². The molecule has 1 amide bonds. The molecule has 6 rings (SSSR count). The average Bonchev–Trinajstić information content (AvgIpc) is 2.99. The van der Waals surface area contributed by atoms with Gasteiger partial charge in [0, 0.05) is 25.0 Å². The summed E-state index contributed by atoms with van der Waals surface area (Å²) in [4.78, 5) is 33.3. The van der Waals surface area contributed by atoms with Gasteiger partial charge in [-0.2, -0.15) is 0 Å². The van der Waals surface area contributed by atoms with Crippen LogP contribution in [-0.4, -0.2) is 33.7 Å². The quantitative estimate of drug-likeness (QED) is 0.367. The zero-order valence-electron chi connectivity index (χ0n) is 21.2. The third kappa shape index (κ3) is 4.81. The van der Waals surface area contributed by atoms with Gasteiger partial charge in [-0.1, -0.05) is 54.6 Å². The Morgan fingerprint density at radius 1 is 0.974 bits per heavy atom. The first-order valence-corrected chi connectivity index (χ1v) is 12.9. The number of aryl methyl sites for hydroxylation is 1. The van der Waals surface area contributed by atoms with Crippen LogP contribution in [0, 0.1) is 5.82 Å². The number of carbonyl (C=O) groups excluding carboxylic acids is 1. The Labute approximate surface area is 225 Å². The normalized spacial score (nSPS) is 17.6. The number of nitrogens with zero attached hydrogens (tertiary/aromatic N) is 4. The maximum absolute atomic E-state index is 14.4. The average molecular weight is 523 g/mol. The Bertz CT molecular complexity index is 1590. The van der Waals surface area contributed by atoms with Gasteiger partial charge in [-0.05, 0) is 53.8 Å². The van der Waals surface area contributed by atoms with Crippen LogP contribution in [0.2, 0.25) is 0 Å². The van der Waals surface area contributed by atoms with Crippen LogP contribution in [0.4, 0.5) is 4.39 Å². The summed E-state index contributed by atoms with van der Waals surface area (Å²) >= 11 is 0. The number of ether oxygens (including phenoxy) is 1. The number of halogens is 1. The SMILES string of the molecule is O=C1c2c(OCc3ccccc3)c(=O)ccn2N2CN1C/C=C/CCc1cc(F)ccc1C2c1ccccn1. The monoisotopic (exact) mass is 522 g/mol. The lowest BCUT2D eigenvalue weighted by Gasteiger charge is -2.43. The molecule has 0 saturated carbocycles. The highest BCUT2D eigenvalue weighted by atomic mass is 19.1. The Morgan fingerprint density at radius 2 is 1.82 bits per heavy atom. The fraction of sp³-hybridized carbons (Fsp3) is 0.194. The molecule has 0 aliphatic carbocycles. The van der Waals surface area contributed by atoms with Crippen LogP contribution >= 0.6 is 0 Å². The van der Waals surface area contributed by atoms with E-state index >= 15 is 0 Å². The topological polar surface area (TPSA) is 67.7 Å². The molecule has 2 aliphatic rings. The van der Waals surface area contributed by atoms with Gasteiger partial charge in [0.2, 0.25) is 5.43 Å². The molecule has 0 spiro atoms. The minimum atomic E-state index is -0.460. The predicted molar refractivity (Wildman–Crippen MR) is 146 cm³/mol. The summed E-state index contributed by atoms with van der Waals surface area (Å²) < 4.78 is 22.2. The van der Waals surface area contributed by atoms with Gasteiger partial charge in [0.1, 0.15) is 25.1 Å². The van der Waals surface area contributed by atoms with Crippen molar-refractivity contribution >= 4 is 5.91 Å². The van der Waals surface area contributed by atoms with Crippen molar-refractivity contribution in [3.8, 4) is 5.75 Å². The number of allylic oxidation sites excluding steroid dienone is 1. The summed E-state index contributed by atoms with van der Waals surface area (Å²) in [7, 11) is 0. The molecule has 8 heteroatoms. The van der Waals surface area contributed by atoms with Gasteiger partial charge in [0.25, 0.3) is 5.91 Å². The lowest BCUT2D eigenvalue weighted by atomic mass is 9.94. The zero-order chi connectivity index (χ0) is 26.8. The van der Waals surface area contributed by atoms with Crippen molar-refractivity contribution in [1.82, 2.24) is 14.6 Å². The molecule has 0 N–H and O–H groups in total. The molecular weight excluding hydrogens is 495 g/mol. The summed E-state index contributed by atoms with van der Waals surface area (Å²) in [6.45, 7) is 0.734. The molecule has 2 aliphatic heterocycles. The smallest absolute Gasteiger partial charge is 0.278 e. The molecular formula is C31H27FN4O3. The number of amides is 1. The lowest BCUT2D eigenvalue weighted by Crippen LogP contribution is -2.55. The van der Waals surface area contributed by atoms with Gasteiger partial charge in [0.15, 0.2) is 11.4 Å². The van der Waals surface area contributed by atoms with E-state index in [2.05, 4.69) is 4.98 Å². The van der Waals surface area contributed by atoms with E-state index in [1.54, 1.807) is 34.1 Å². The van der Waals surface area contributed by atoms with E-state index in [0.29, 0.717) is 19.4 Å². The number of benzene rings is 2. The van der Waals surface area contributed by atoms with Crippen molar-refractivity contribution in [3.05, 3.63) is 141 Å². The lowest BCUT2D eigenvalue weighted by molar-refractivity contribution is 0.0697. The highest BCUT2D eigenvalue weighted by molar-refractivity contribution is 5.96. The van der Waals surface area contributed by atoms with E-state index in [9.17, 15) is 14.0 Å². The first-order chi connectivity index (χ1) is 19.1. The number of carbonyl (C=O) groups is 1. The first kappa shape index (κ1) is 24.6. The zero-order valence-corrected chi connectivity index (χ0v) is 21.2. The van der Waals surface area contributed by atoms with E-state index in [1.165, 1.54) is 12.1 Å². The Kier molecular flexibility index (Phi) is 6.67. The molecule has 4 aromatic rings. The fourth-order valence-corrected chi connectivity index (χ4v) is 5.22. The molecule has 39 heavy (non-hydrogen) atoms. The minimum Gasteiger partial charge on any atom is -0.482 e. The molecule has 7 nitrogen and oxygen atoms in total. The number of rotatable bonds is 4. The highest BCUT2D eigenvalue weighted by Gasteiger charge is 2.38. The van der Waals surface area contributed by atoms with Gasteiger partial charge in [-0.15, -0.1) is 0 Å². The van der Waals surface area contributed by atoms with E-state index in [-0.39, 0.29) is 41.9 Å². The Morgan fingerprint density at radius 3 is 2.64 bits per heavy atom. The second-order valence-corrected chi connectivity index (χ2v) is 9.60. The summed E-state index contributed by atoms with van der Waals surface area (Å²) in [5.74, 6) is -0.600. The molecule has 1 atom stereocenters. The third-order valence-corrected chi connectivity index (χ3v) is 7.08. The molecule has 0 fully saturated rings. The molecule has 0 saturated heterocycles. The molecule has 196 valence electrons. The van der Waals surface area contributed by atoms with Gasteiger partial charge in [-0.3, -0.25) is 24.3 Å². The molecule has 2 aromatic carbocycles. The molecule has 4 heterocycles. The first-order valence-electron chi connectivity index (χ1n) is 12.9. The molecule has 2 bridgehead atoms. The molecule has 0 radical (unpaired) electrons. The summed E-state index contributed by atoms with van der Waals surface area (Å²) in [6, 6.07) is 21.0. The van der Waals surface area contributed by atoms with E-state index in [0.717, 1.165) is 22.4 Å². The Hall–Kier alpha value is -4.72. The van der Waals surface area contributed by atoms with Crippen molar-refractivity contribution in [2.45, 2.75) is 25.5 Å². The van der Waals surface area contributed by atoms with Crippen molar-refractivity contribution in [2.24, 2.45) is 0 Å². The maximum Gasteiger partial charge on any atom is 0.278 e. The maximum atomic E-state index is 14.4. The van der Waals surface area contributed by atoms with Crippen LogP contribution in [0.25, 0.3) is 0 Å². The second-order valence-electron chi connectivity index (χ2n) is 9.60. The van der Waals surface area contributed by atoms with E-state index in [1.807, 2.05) is 65.7 Å². The molecule has 1 unspecified atom stereocenters. The third-order valence-electron chi connectivity index (χ3n) is 7.08. The Balaban J connectivity index is 1.55. The number of aromatic nitrogens is 2. The van der Waals surface area contributed by atoms with E-state index in [4.69, 9.17) is 4.74 Å². The summed E-state index contributed by atoms with van der Waals surface area (Å²) in [5, 5.41) is 1.99. The number of pyridine rings is 2. The van der Waals surface area contributed by atoms with Crippen molar-refractivity contribution in [1.29, 1.82) is 0 Å². The minimum absolute atomic E-state index is 0.000921. The fourth-order valence-electron chi connectivity index (χ4n) is 5.22. The van der Waals surface area contributed by atoms with Gasteiger partial charge in [-0.25, -0.2) is 4.39 Å². The van der Waals surface area contributed by atoms with Gasteiger partial charge in [0.05, 0.1) is 5.69 Å². The number of hydrogen-bond acceptors (Lipinski definition) is 5. The van der Waals surface area contributed by atoms with Crippen molar-refractivity contribution in [3.63, 3.8) is 0 Å². The van der Waals surface area contributed by atoms with Crippen molar-refractivity contribution in [2.75, 3.05) is 18.2 Å². The number of fused-ring (bicyclic) bond motifs is 5. The van der Waals surface area contributed by atoms with Crippen LogP contribution in [0.15, 0.2) is 102 Å². The van der Waals surface area contributed by atoms with Crippen LogP contribution in [-0.2, 0) is 13.0 Å². The second kappa shape index (κ2) is 10.6. The molecule has 2 aromatic heterocycles. The largest absolute Gasteiger partial charge is 0.482 e. The highest BCUT2D eigenvalue weighted by Crippen LogP contribution is 2.34. The number of hydrogen-bond donors (Lipinski definition) is 0. The van der Waals surface area contributed by atoms with Crippen LogP contribution in [0.5, 0.6) is 5.75 Å². The van der Waals surface area contributed by atoms with Crippen LogP contribution in [0.3, 0.4) is 0 Å². The van der Waals surface area contributed by atoms with Crippen LogP contribution in [0.1, 0.15) is 45.3 Å². The van der Waals surface area contributed by atoms with Crippen molar-refractivity contribution < 1.29 is 13.9 Å². The summed E-state index contributed by atoms with van der Waals surface area (Å²) in [5.41, 5.74) is 3.15. The standard InChI is InChI=1S/C31H27FN4O3/c32-24-13-14-25-23(19-24)11-5-2-8-17-34-21-36(28(25)26-12-6-7-16-33-26)35-18-15-27(37)30(29(35)31(34)38)39-20-22-9-3-1-4-10-22/h1-4,6-10,12-16,18-19,28H,5,11,17,20-21H2/b8-2+.